The zero-order chi connectivity index (χ0) is 24.2. The average Bonchev–Trinajstić information content (AvgIpc) is 3.19. The van der Waals surface area contributed by atoms with Crippen molar-refractivity contribution in [3.8, 4) is 5.75 Å². The molecule has 0 bridgehead atoms. The summed E-state index contributed by atoms with van der Waals surface area (Å²) >= 11 is 0. The van der Waals surface area contributed by atoms with Crippen LogP contribution < -0.4 is 15.6 Å². The molecule has 0 atom stereocenters. The van der Waals surface area contributed by atoms with Gasteiger partial charge in [0, 0.05) is 17.8 Å². The van der Waals surface area contributed by atoms with Gasteiger partial charge in [0.1, 0.15) is 18.1 Å². The topological polar surface area (TPSA) is 112 Å². The highest BCUT2D eigenvalue weighted by Gasteiger charge is 2.16. The van der Waals surface area contributed by atoms with Gasteiger partial charge in [0.05, 0.1) is 11.3 Å². The average molecular weight is 461 g/mol. The van der Waals surface area contributed by atoms with Crippen molar-refractivity contribution >= 4 is 23.2 Å². The molecule has 9 nitrogen and oxygen atoms in total. The van der Waals surface area contributed by atoms with Gasteiger partial charge in [-0.3, -0.25) is 9.59 Å². The molecule has 0 aliphatic heterocycles. The van der Waals surface area contributed by atoms with E-state index in [2.05, 4.69) is 10.3 Å². The smallest absolute Gasteiger partial charge is 0.338 e. The Morgan fingerprint density at radius 2 is 1.85 bits per heavy atom. The van der Waals surface area contributed by atoms with Crippen LogP contribution in [0.3, 0.4) is 0 Å². The van der Waals surface area contributed by atoms with E-state index in [9.17, 15) is 14.4 Å². The number of ether oxygens (including phenoxy) is 2. The van der Waals surface area contributed by atoms with Crippen molar-refractivity contribution < 1.29 is 23.6 Å². The van der Waals surface area contributed by atoms with Gasteiger partial charge in [-0.25, -0.2) is 9.78 Å². The molecule has 1 N–H and O–H groups in total. The van der Waals surface area contributed by atoms with Crippen LogP contribution in [0.25, 0.3) is 5.65 Å². The highest BCUT2D eigenvalue weighted by Crippen LogP contribution is 2.21. The van der Waals surface area contributed by atoms with Crippen molar-refractivity contribution in [1.29, 1.82) is 0 Å². The summed E-state index contributed by atoms with van der Waals surface area (Å²) in [5.74, 6) is 0.210. The number of nitrogens with zero attached hydrogens (tertiary/aromatic N) is 2. The van der Waals surface area contributed by atoms with Gasteiger partial charge in [-0.1, -0.05) is 24.3 Å². The van der Waals surface area contributed by atoms with Crippen molar-refractivity contribution in [2.24, 2.45) is 0 Å². The molecular weight excluding hydrogens is 438 g/mol. The molecule has 2 aromatic carbocycles. The minimum Gasteiger partial charge on any atom is -0.483 e. The van der Waals surface area contributed by atoms with Gasteiger partial charge in [-0.05, 0) is 50.1 Å². The lowest BCUT2D eigenvalue weighted by molar-refractivity contribution is -0.118. The third kappa shape index (κ3) is 4.98. The second kappa shape index (κ2) is 9.62. The van der Waals surface area contributed by atoms with E-state index in [-0.39, 0.29) is 24.7 Å². The number of nitrogens with one attached hydrogen (secondary N) is 1. The normalized spacial score (nSPS) is 10.8. The summed E-state index contributed by atoms with van der Waals surface area (Å²) in [6.07, 6.45) is 0. The fourth-order valence-electron chi connectivity index (χ4n) is 3.41. The van der Waals surface area contributed by atoms with Crippen LogP contribution in [0, 0.1) is 20.8 Å². The van der Waals surface area contributed by atoms with E-state index in [1.165, 1.54) is 6.07 Å². The van der Waals surface area contributed by atoms with Gasteiger partial charge in [-0.2, -0.15) is 0 Å². The number of rotatable bonds is 7. The summed E-state index contributed by atoms with van der Waals surface area (Å²) in [4.78, 5) is 41.5. The van der Waals surface area contributed by atoms with Crippen LogP contribution in [0.15, 0.2) is 63.9 Å². The van der Waals surface area contributed by atoms with Crippen molar-refractivity contribution in [3.63, 3.8) is 0 Å². The number of benzene rings is 2. The molecule has 4 rings (SSSR count). The molecule has 174 valence electrons. The lowest BCUT2D eigenvalue weighted by atomic mass is 10.1. The van der Waals surface area contributed by atoms with Crippen LogP contribution in [-0.2, 0) is 16.1 Å². The fourth-order valence-corrected chi connectivity index (χ4v) is 3.41. The van der Waals surface area contributed by atoms with E-state index >= 15 is 0 Å². The molecule has 0 saturated heterocycles. The molecule has 2 heterocycles. The van der Waals surface area contributed by atoms with E-state index in [0.29, 0.717) is 34.1 Å². The van der Waals surface area contributed by atoms with Gasteiger partial charge in [-0.15, -0.1) is 4.57 Å². The molecular formula is C25H23N3O6. The number of anilines is 1. The fraction of sp³-hybridized carbons (Fsp3) is 0.200. The molecule has 4 aromatic rings. The Hall–Kier alpha value is -4.40. The van der Waals surface area contributed by atoms with Gasteiger partial charge < -0.3 is 19.3 Å². The summed E-state index contributed by atoms with van der Waals surface area (Å²) < 4.78 is 17.3. The summed E-state index contributed by atoms with van der Waals surface area (Å²) in [6.45, 7) is 4.95. The van der Waals surface area contributed by atoms with Crippen molar-refractivity contribution in [1.82, 2.24) is 9.56 Å². The van der Waals surface area contributed by atoms with Crippen molar-refractivity contribution in [3.05, 3.63) is 93.1 Å². The number of esters is 1. The lowest BCUT2D eigenvalue weighted by Crippen LogP contribution is -2.21. The highest BCUT2D eigenvalue weighted by atomic mass is 16.5. The number of amides is 1. The Morgan fingerprint density at radius 1 is 1.06 bits per heavy atom. The monoisotopic (exact) mass is 461 g/mol. The molecule has 0 fully saturated rings. The van der Waals surface area contributed by atoms with Gasteiger partial charge in [0.25, 0.3) is 11.5 Å². The molecule has 2 aromatic heterocycles. The highest BCUT2D eigenvalue weighted by molar-refractivity contribution is 5.97. The first-order chi connectivity index (χ1) is 16.3. The van der Waals surface area contributed by atoms with Gasteiger partial charge in [0.2, 0.25) is 0 Å². The van der Waals surface area contributed by atoms with Crippen LogP contribution in [0.2, 0.25) is 0 Å². The molecule has 1 amide bonds. The van der Waals surface area contributed by atoms with Crippen LogP contribution in [0.1, 0.15) is 32.9 Å². The zero-order valence-electron chi connectivity index (χ0n) is 19.0. The Morgan fingerprint density at radius 3 is 2.65 bits per heavy atom. The molecule has 0 aliphatic rings. The number of carbonyl (C=O) groups excluding carboxylic acids is 2. The number of para-hydroxylation sites is 1. The largest absolute Gasteiger partial charge is 0.483 e. The van der Waals surface area contributed by atoms with E-state index in [0.717, 1.165) is 10.1 Å². The van der Waals surface area contributed by atoms with E-state index in [1.54, 1.807) is 44.2 Å². The SMILES string of the molecule is Cc1cc2nc(COC(=O)c3cccc(NC(=O)COc4ccccc4C)c3C)cc(=O)n2o1. The molecule has 9 heteroatoms. The number of carbonyl (C=O) groups is 2. The number of fused-ring (bicyclic) bond motifs is 1. The standard InChI is InChI=1S/C25H23N3O6/c1-15-7-4-5-10-21(15)32-14-23(29)27-20-9-6-8-19(17(20)3)25(31)33-13-18-12-24(30)28-22(26-18)11-16(2)34-28/h4-12H,13-14H2,1-3H3,(H,27,29). The van der Waals surface area contributed by atoms with Crippen LogP contribution in [0.4, 0.5) is 5.69 Å². The first-order valence-corrected chi connectivity index (χ1v) is 10.6. The second-order valence-electron chi connectivity index (χ2n) is 7.74. The van der Waals surface area contributed by atoms with E-state index in [4.69, 9.17) is 14.0 Å². The van der Waals surface area contributed by atoms with Gasteiger partial charge in [0.15, 0.2) is 12.3 Å². The quantitative estimate of drug-likeness (QED) is 0.419. The van der Waals surface area contributed by atoms with Crippen LogP contribution in [-0.4, -0.2) is 28.0 Å². The summed E-state index contributed by atoms with van der Waals surface area (Å²) in [6, 6.07) is 15.2. The van der Waals surface area contributed by atoms with Crippen molar-refractivity contribution in [2.75, 3.05) is 11.9 Å². The molecule has 0 unspecified atom stereocenters. The first kappa shape index (κ1) is 22.8. The van der Waals surface area contributed by atoms with Crippen molar-refractivity contribution in [2.45, 2.75) is 27.4 Å². The van der Waals surface area contributed by atoms with Crippen LogP contribution >= 0.6 is 0 Å². The molecule has 0 saturated carbocycles. The second-order valence-corrected chi connectivity index (χ2v) is 7.74. The summed E-state index contributed by atoms with van der Waals surface area (Å²) in [7, 11) is 0. The molecule has 0 aliphatic carbocycles. The minimum atomic E-state index is -0.602. The molecule has 0 spiro atoms. The first-order valence-electron chi connectivity index (χ1n) is 10.6. The lowest BCUT2D eigenvalue weighted by Gasteiger charge is -2.13. The molecule has 0 radical (unpaired) electrons. The predicted molar refractivity (Wildman–Crippen MR) is 124 cm³/mol. The summed E-state index contributed by atoms with van der Waals surface area (Å²) in [5, 5.41) is 2.76. The Kier molecular flexibility index (Phi) is 6.44. The maximum absolute atomic E-state index is 12.7. The number of aromatic nitrogens is 2. The predicted octanol–water partition coefficient (Wildman–Crippen LogP) is 3.59. The maximum Gasteiger partial charge on any atom is 0.338 e. The number of hydrogen-bond acceptors (Lipinski definition) is 7. The van der Waals surface area contributed by atoms with E-state index < -0.39 is 11.5 Å². The number of aryl methyl sites for hydroxylation is 2. The molecule has 34 heavy (non-hydrogen) atoms. The maximum atomic E-state index is 12.7. The third-order valence-electron chi connectivity index (χ3n) is 5.16. The Labute approximate surface area is 194 Å². The van der Waals surface area contributed by atoms with E-state index in [1.807, 2.05) is 25.1 Å². The third-order valence-corrected chi connectivity index (χ3v) is 5.16. The zero-order valence-corrected chi connectivity index (χ0v) is 19.0. The minimum absolute atomic E-state index is 0.170. The van der Waals surface area contributed by atoms with Gasteiger partial charge >= 0.3 is 5.97 Å². The van der Waals surface area contributed by atoms with Crippen LogP contribution in [0.5, 0.6) is 5.75 Å². The summed E-state index contributed by atoms with van der Waals surface area (Å²) in [5.41, 5.74) is 2.47. The Balaban J connectivity index is 1.40. The number of hydrogen-bond donors (Lipinski definition) is 1. The Bertz CT molecular complexity index is 1440.